The normalized spacial score (nSPS) is 10.3. The molecule has 5 heteroatoms. The molecule has 0 N–H and O–H groups in total. The summed E-state index contributed by atoms with van der Waals surface area (Å²) >= 11 is 5.62. The van der Waals surface area contributed by atoms with Crippen LogP contribution in [0.1, 0.15) is 15.9 Å². The van der Waals surface area contributed by atoms with Crippen molar-refractivity contribution in [3.63, 3.8) is 0 Å². The summed E-state index contributed by atoms with van der Waals surface area (Å²) in [6.07, 6.45) is 0.548. The van der Waals surface area contributed by atoms with Crippen LogP contribution >= 0.6 is 11.6 Å². The van der Waals surface area contributed by atoms with E-state index in [4.69, 9.17) is 16.3 Å². The van der Waals surface area contributed by atoms with Crippen LogP contribution in [-0.2, 0) is 6.61 Å². The molecule has 0 heterocycles. The number of aldehydes is 1. The summed E-state index contributed by atoms with van der Waals surface area (Å²) in [7, 11) is 0. The van der Waals surface area contributed by atoms with Crippen molar-refractivity contribution < 1.29 is 18.3 Å². The Morgan fingerprint density at radius 2 is 1.89 bits per heavy atom. The summed E-state index contributed by atoms with van der Waals surface area (Å²) < 4.78 is 31.7. The summed E-state index contributed by atoms with van der Waals surface area (Å²) in [6.45, 7) is 0.0529. The van der Waals surface area contributed by atoms with Gasteiger partial charge in [-0.05, 0) is 35.9 Å². The van der Waals surface area contributed by atoms with E-state index in [1.807, 2.05) is 0 Å². The summed E-state index contributed by atoms with van der Waals surface area (Å²) in [5.74, 6) is -1.13. The highest BCUT2D eigenvalue weighted by atomic mass is 35.5. The van der Waals surface area contributed by atoms with Gasteiger partial charge in [0.15, 0.2) is 11.6 Å². The van der Waals surface area contributed by atoms with E-state index < -0.39 is 11.6 Å². The molecule has 2 rings (SSSR count). The van der Waals surface area contributed by atoms with E-state index in [1.165, 1.54) is 30.3 Å². The van der Waals surface area contributed by atoms with Crippen molar-refractivity contribution in [2.75, 3.05) is 0 Å². The maximum atomic E-state index is 13.5. The standard InChI is InChI=1S/C14H9ClF2O2/c15-11-5-10(1-3-12(11)16)8-19-14-4-2-9(7-18)6-13(14)17/h1-7H,8H2. The van der Waals surface area contributed by atoms with Crippen molar-refractivity contribution in [1.29, 1.82) is 0 Å². The van der Waals surface area contributed by atoms with Crippen LogP contribution in [0.15, 0.2) is 36.4 Å². The quantitative estimate of drug-likeness (QED) is 0.792. The maximum Gasteiger partial charge on any atom is 0.165 e. The molecule has 19 heavy (non-hydrogen) atoms. The summed E-state index contributed by atoms with van der Waals surface area (Å²) in [4.78, 5) is 10.5. The van der Waals surface area contributed by atoms with Crippen LogP contribution in [0.2, 0.25) is 5.02 Å². The number of rotatable bonds is 4. The molecule has 0 spiro atoms. The lowest BCUT2D eigenvalue weighted by molar-refractivity contribution is 0.112. The molecule has 0 aromatic heterocycles. The van der Waals surface area contributed by atoms with Gasteiger partial charge in [-0.25, -0.2) is 8.78 Å². The van der Waals surface area contributed by atoms with Gasteiger partial charge >= 0.3 is 0 Å². The van der Waals surface area contributed by atoms with Crippen molar-refractivity contribution >= 4 is 17.9 Å². The molecular formula is C14H9ClF2O2. The minimum atomic E-state index is -0.627. The van der Waals surface area contributed by atoms with Gasteiger partial charge in [0.25, 0.3) is 0 Å². The Hall–Kier alpha value is -1.94. The second-order valence-corrected chi connectivity index (χ2v) is 4.25. The lowest BCUT2D eigenvalue weighted by Gasteiger charge is -2.08. The molecule has 0 unspecified atom stereocenters. The van der Waals surface area contributed by atoms with Crippen molar-refractivity contribution in [2.45, 2.75) is 6.61 Å². The molecule has 0 radical (unpaired) electrons. The average Bonchev–Trinajstić information content (AvgIpc) is 2.41. The fraction of sp³-hybridized carbons (Fsp3) is 0.0714. The van der Waals surface area contributed by atoms with E-state index in [9.17, 15) is 13.6 Å². The van der Waals surface area contributed by atoms with Crippen LogP contribution in [0.4, 0.5) is 8.78 Å². The Kier molecular flexibility index (Phi) is 4.12. The van der Waals surface area contributed by atoms with Crippen LogP contribution in [0, 0.1) is 11.6 Å². The second-order valence-electron chi connectivity index (χ2n) is 3.84. The zero-order valence-electron chi connectivity index (χ0n) is 9.70. The van der Waals surface area contributed by atoms with Gasteiger partial charge in [0, 0.05) is 5.56 Å². The van der Waals surface area contributed by atoms with Gasteiger partial charge in [-0.2, -0.15) is 0 Å². The van der Waals surface area contributed by atoms with Crippen molar-refractivity contribution in [3.05, 3.63) is 64.2 Å². The third-order valence-electron chi connectivity index (χ3n) is 2.47. The Morgan fingerprint density at radius 3 is 2.53 bits per heavy atom. The monoisotopic (exact) mass is 282 g/mol. The molecule has 0 bridgehead atoms. The van der Waals surface area contributed by atoms with Crippen LogP contribution in [0.25, 0.3) is 0 Å². The molecule has 0 amide bonds. The van der Waals surface area contributed by atoms with E-state index >= 15 is 0 Å². The van der Waals surface area contributed by atoms with Gasteiger partial charge in [0.1, 0.15) is 18.7 Å². The lowest BCUT2D eigenvalue weighted by atomic mass is 10.2. The van der Waals surface area contributed by atoms with Crippen LogP contribution in [-0.4, -0.2) is 6.29 Å². The van der Waals surface area contributed by atoms with E-state index in [0.29, 0.717) is 11.8 Å². The summed E-state index contributed by atoms with van der Waals surface area (Å²) in [5, 5.41) is -0.0159. The Labute approximate surface area is 113 Å². The Bertz CT molecular complexity index is 614. The van der Waals surface area contributed by atoms with Crippen LogP contribution < -0.4 is 4.74 Å². The van der Waals surface area contributed by atoms with Gasteiger partial charge in [0.05, 0.1) is 5.02 Å². The zero-order valence-corrected chi connectivity index (χ0v) is 10.5. The van der Waals surface area contributed by atoms with Gasteiger partial charge in [0.2, 0.25) is 0 Å². The van der Waals surface area contributed by atoms with Gasteiger partial charge < -0.3 is 4.74 Å². The highest BCUT2D eigenvalue weighted by Crippen LogP contribution is 2.21. The van der Waals surface area contributed by atoms with E-state index in [0.717, 1.165) is 6.07 Å². The number of carbonyl (C=O) groups excluding carboxylic acids is 1. The van der Waals surface area contributed by atoms with Gasteiger partial charge in [-0.15, -0.1) is 0 Å². The van der Waals surface area contributed by atoms with Crippen molar-refractivity contribution in [3.8, 4) is 5.75 Å². The molecule has 0 atom stereocenters. The first-order valence-electron chi connectivity index (χ1n) is 5.41. The molecule has 0 aliphatic carbocycles. The smallest absolute Gasteiger partial charge is 0.165 e. The third-order valence-corrected chi connectivity index (χ3v) is 2.76. The first-order chi connectivity index (χ1) is 9.10. The number of hydrogen-bond donors (Lipinski definition) is 0. The number of ether oxygens (including phenoxy) is 1. The summed E-state index contributed by atoms with van der Waals surface area (Å²) in [5.41, 5.74) is 0.847. The molecule has 0 saturated carbocycles. The Morgan fingerprint density at radius 1 is 1.11 bits per heavy atom. The van der Waals surface area contributed by atoms with Crippen molar-refractivity contribution in [1.82, 2.24) is 0 Å². The van der Waals surface area contributed by atoms with E-state index in [-0.39, 0.29) is 22.9 Å². The molecule has 0 aliphatic rings. The molecule has 0 fully saturated rings. The number of carbonyl (C=O) groups is 1. The minimum absolute atomic E-state index is 0.0159. The average molecular weight is 283 g/mol. The third kappa shape index (κ3) is 3.29. The van der Waals surface area contributed by atoms with Gasteiger partial charge in [-0.3, -0.25) is 4.79 Å². The zero-order chi connectivity index (χ0) is 13.8. The molecular weight excluding hydrogens is 274 g/mol. The fourth-order valence-corrected chi connectivity index (χ4v) is 1.70. The number of hydrogen-bond acceptors (Lipinski definition) is 2. The van der Waals surface area contributed by atoms with E-state index in [1.54, 1.807) is 0 Å². The second kappa shape index (κ2) is 5.80. The first-order valence-corrected chi connectivity index (χ1v) is 5.79. The predicted octanol–water partition coefficient (Wildman–Crippen LogP) is 4.01. The summed E-state index contributed by atoms with van der Waals surface area (Å²) in [6, 6.07) is 8.02. The number of halogens is 3. The predicted molar refractivity (Wildman–Crippen MR) is 67.5 cm³/mol. The molecule has 2 nitrogen and oxygen atoms in total. The highest BCUT2D eigenvalue weighted by molar-refractivity contribution is 6.30. The Balaban J connectivity index is 2.09. The highest BCUT2D eigenvalue weighted by Gasteiger charge is 2.06. The maximum absolute atomic E-state index is 13.5. The van der Waals surface area contributed by atoms with Crippen LogP contribution in [0.5, 0.6) is 5.75 Å². The molecule has 0 aliphatic heterocycles. The van der Waals surface area contributed by atoms with E-state index in [2.05, 4.69) is 0 Å². The number of benzene rings is 2. The topological polar surface area (TPSA) is 26.3 Å². The molecule has 0 saturated heterocycles. The lowest BCUT2D eigenvalue weighted by Crippen LogP contribution is -1.98. The SMILES string of the molecule is O=Cc1ccc(OCc2ccc(F)c(Cl)c2)c(F)c1. The van der Waals surface area contributed by atoms with Crippen LogP contribution in [0.3, 0.4) is 0 Å². The molecule has 2 aromatic rings. The molecule has 98 valence electrons. The molecule has 2 aromatic carbocycles. The minimum Gasteiger partial charge on any atom is -0.486 e. The largest absolute Gasteiger partial charge is 0.486 e. The first kappa shape index (κ1) is 13.5. The fourth-order valence-electron chi connectivity index (χ4n) is 1.50. The van der Waals surface area contributed by atoms with Crippen molar-refractivity contribution in [2.24, 2.45) is 0 Å². The van der Waals surface area contributed by atoms with Gasteiger partial charge in [-0.1, -0.05) is 17.7 Å².